The molecule has 1 aromatic heterocycles. The van der Waals surface area contributed by atoms with Gasteiger partial charge in [0.15, 0.2) is 0 Å². The van der Waals surface area contributed by atoms with E-state index in [9.17, 15) is 10.1 Å². The fourth-order valence-electron chi connectivity index (χ4n) is 1.72. The van der Waals surface area contributed by atoms with Crippen molar-refractivity contribution in [1.29, 1.82) is 0 Å². The second-order valence-electron chi connectivity index (χ2n) is 3.83. The largest absolute Gasteiger partial charge is 0.426 e. The molecule has 0 saturated heterocycles. The smallest absolute Gasteiger partial charge is 0.414 e. The molecule has 7 heteroatoms. The monoisotopic (exact) mass is 246 g/mol. The molecule has 1 aliphatic rings. The number of rotatable bonds is 2. The zero-order chi connectivity index (χ0) is 13.3. The number of aryl methyl sites for hydroxylation is 1. The van der Waals surface area contributed by atoms with Gasteiger partial charge in [0.1, 0.15) is 10.6 Å². The van der Waals surface area contributed by atoms with Gasteiger partial charge in [0.05, 0.1) is 0 Å². The van der Waals surface area contributed by atoms with E-state index in [1.165, 1.54) is 6.08 Å². The standard InChI is InChI=1S/C11H10N4O3/c1-3-11(5-4-9(18-11)15(16)17)8-6-7(2)13-10(12)14-8/h1,4,6H,5H2,2H3,(H2,12,13,14). The van der Waals surface area contributed by atoms with E-state index in [0.29, 0.717) is 11.4 Å². The van der Waals surface area contributed by atoms with Crippen LogP contribution in [0.4, 0.5) is 5.95 Å². The number of aromatic nitrogens is 2. The SMILES string of the molecule is C#CC1(c2cc(C)nc(N)n2)CC=C([N+](=O)[O-])O1. The van der Waals surface area contributed by atoms with Crippen molar-refractivity contribution >= 4 is 5.95 Å². The molecule has 0 aliphatic carbocycles. The Morgan fingerprint density at radius 1 is 1.67 bits per heavy atom. The first-order valence-corrected chi connectivity index (χ1v) is 5.10. The summed E-state index contributed by atoms with van der Waals surface area (Å²) in [7, 11) is 0. The first kappa shape index (κ1) is 11.9. The molecule has 0 amide bonds. The van der Waals surface area contributed by atoms with Crippen molar-refractivity contribution in [2.45, 2.75) is 18.9 Å². The minimum absolute atomic E-state index is 0.0535. The fraction of sp³-hybridized carbons (Fsp3) is 0.273. The number of nitrogens with two attached hydrogens (primary N) is 1. The number of hydrogen-bond acceptors (Lipinski definition) is 6. The number of nitrogen functional groups attached to an aromatic ring is 1. The van der Waals surface area contributed by atoms with Gasteiger partial charge in [-0.15, -0.1) is 6.42 Å². The molecule has 7 nitrogen and oxygen atoms in total. The summed E-state index contributed by atoms with van der Waals surface area (Å²) in [5.41, 5.74) is 5.23. The van der Waals surface area contributed by atoms with Crippen molar-refractivity contribution in [2.24, 2.45) is 0 Å². The highest BCUT2D eigenvalue weighted by Crippen LogP contribution is 2.36. The average Bonchev–Trinajstić information content (AvgIpc) is 2.73. The summed E-state index contributed by atoms with van der Waals surface area (Å²) < 4.78 is 5.24. The summed E-state index contributed by atoms with van der Waals surface area (Å²) in [5.74, 6) is 2.09. The summed E-state index contributed by atoms with van der Waals surface area (Å²) in [4.78, 5) is 17.9. The third-order valence-corrected chi connectivity index (χ3v) is 2.54. The van der Waals surface area contributed by atoms with E-state index >= 15 is 0 Å². The number of nitro groups is 1. The van der Waals surface area contributed by atoms with Gasteiger partial charge in [0.2, 0.25) is 11.5 Å². The van der Waals surface area contributed by atoms with Gasteiger partial charge in [-0.2, -0.15) is 0 Å². The minimum atomic E-state index is -1.27. The van der Waals surface area contributed by atoms with Crippen LogP contribution in [-0.4, -0.2) is 14.9 Å². The molecule has 1 aliphatic heterocycles. The molecule has 92 valence electrons. The van der Waals surface area contributed by atoms with E-state index in [4.69, 9.17) is 16.9 Å². The molecule has 0 saturated carbocycles. The molecule has 2 heterocycles. The van der Waals surface area contributed by atoms with Gasteiger partial charge in [-0.05, 0) is 13.0 Å². The molecule has 0 fully saturated rings. The lowest BCUT2D eigenvalue weighted by atomic mass is 9.97. The number of nitrogens with zero attached hydrogens (tertiary/aromatic N) is 3. The Labute approximate surface area is 103 Å². The summed E-state index contributed by atoms with van der Waals surface area (Å²) >= 11 is 0. The highest BCUT2D eigenvalue weighted by Gasteiger charge is 2.43. The van der Waals surface area contributed by atoms with E-state index in [2.05, 4.69) is 15.9 Å². The minimum Gasteiger partial charge on any atom is -0.414 e. The molecule has 1 unspecified atom stereocenters. The normalized spacial score (nSPS) is 21.9. The molecular weight excluding hydrogens is 236 g/mol. The van der Waals surface area contributed by atoms with Gasteiger partial charge in [0, 0.05) is 18.2 Å². The van der Waals surface area contributed by atoms with Crippen LogP contribution in [0.5, 0.6) is 0 Å². The number of anilines is 1. The van der Waals surface area contributed by atoms with Gasteiger partial charge in [-0.25, -0.2) is 9.97 Å². The highest BCUT2D eigenvalue weighted by atomic mass is 16.7. The molecular formula is C11H10N4O3. The van der Waals surface area contributed by atoms with Crippen LogP contribution in [0.25, 0.3) is 0 Å². The molecule has 18 heavy (non-hydrogen) atoms. The molecule has 2 N–H and O–H groups in total. The number of ether oxygens (including phenoxy) is 1. The van der Waals surface area contributed by atoms with Crippen LogP contribution in [0.15, 0.2) is 18.0 Å². The maximum Gasteiger partial charge on any atom is 0.426 e. The number of terminal acetylenes is 1. The topological polar surface area (TPSA) is 104 Å². The molecule has 0 spiro atoms. The Kier molecular flexibility index (Phi) is 2.63. The van der Waals surface area contributed by atoms with Crippen LogP contribution >= 0.6 is 0 Å². The van der Waals surface area contributed by atoms with E-state index < -0.39 is 10.5 Å². The lowest BCUT2D eigenvalue weighted by Crippen LogP contribution is -2.26. The summed E-state index contributed by atoms with van der Waals surface area (Å²) in [6.45, 7) is 1.72. The Bertz CT molecular complexity index is 570. The van der Waals surface area contributed by atoms with Gasteiger partial charge in [0.25, 0.3) is 0 Å². The molecule has 1 atom stereocenters. The van der Waals surface area contributed by atoms with Crippen molar-refractivity contribution in [3.05, 3.63) is 39.5 Å². The Balaban J connectivity index is 2.42. The van der Waals surface area contributed by atoms with E-state index in [-0.39, 0.29) is 18.3 Å². The predicted octanol–water partition coefficient (Wildman–Crippen LogP) is 0.734. The van der Waals surface area contributed by atoms with E-state index in [1.807, 2.05) is 0 Å². The van der Waals surface area contributed by atoms with E-state index in [0.717, 1.165) is 0 Å². The van der Waals surface area contributed by atoms with Crippen LogP contribution in [-0.2, 0) is 10.3 Å². The molecule has 2 rings (SSSR count). The third-order valence-electron chi connectivity index (χ3n) is 2.54. The first-order valence-electron chi connectivity index (χ1n) is 5.10. The first-order chi connectivity index (χ1) is 8.47. The van der Waals surface area contributed by atoms with Crippen LogP contribution in [0.2, 0.25) is 0 Å². The van der Waals surface area contributed by atoms with Crippen molar-refractivity contribution in [1.82, 2.24) is 9.97 Å². The fourth-order valence-corrected chi connectivity index (χ4v) is 1.72. The van der Waals surface area contributed by atoms with Crippen molar-refractivity contribution < 1.29 is 9.66 Å². The average molecular weight is 246 g/mol. The Morgan fingerprint density at radius 3 is 2.89 bits per heavy atom. The maximum absolute atomic E-state index is 10.7. The van der Waals surface area contributed by atoms with Crippen molar-refractivity contribution in [3.8, 4) is 12.3 Å². The number of hydrogen-bond donors (Lipinski definition) is 1. The summed E-state index contributed by atoms with van der Waals surface area (Å²) in [5, 5.41) is 10.7. The van der Waals surface area contributed by atoms with Crippen molar-refractivity contribution in [3.63, 3.8) is 0 Å². The molecule has 0 radical (unpaired) electrons. The lowest BCUT2D eigenvalue weighted by molar-refractivity contribution is -0.466. The Hall–Kier alpha value is -2.62. The predicted molar refractivity (Wildman–Crippen MR) is 62.5 cm³/mol. The zero-order valence-corrected chi connectivity index (χ0v) is 9.58. The second kappa shape index (κ2) is 4.00. The van der Waals surface area contributed by atoms with Gasteiger partial charge in [-0.1, -0.05) is 5.92 Å². The second-order valence-corrected chi connectivity index (χ2v) is 3.83. The van der Waals surface area contributed by atoms with Crippen LogP contribution in [0.1, 0.15) is 17.8 Å². The quantitative estimate of drug-likeness (QED) is 0.468. The lowest BCUT2D eigenvalue weighted by Gasteiger charge is -2.21. The zero-order valence-electron chi connectivity index (χ0n) is 9.58. The maximum atomic E-state index is 10.7. The van der Waals surface area contributed by atoms with Gasteiger partial charge < -0.3 is 10.5 Å². The van der Waals surface area contributed by atoms with Gasteiger partial charge >= 0.3 is 5.88 Å². The Morgan fingerprint density at radius 2 is 2.39 bits per heavy atom. The van der Waals surface area contributed by atoms with Crippen LogP contribution in [0, 0.1) is 29.4 Å². The van der Waals surface area contributed by atoms with Gasteiger partial charge in [-0.3, -0.25) is 10.1 Å². The third kappa shape index (κ3) is 1.84. The van der Waals surface area contributed by atoms with Crippen LogP contribution < -0.4 is 5.73 Å². The summed E-state index contributed by atoms with van der Waals surface area (Å²) in [6.07, 6.45) is 6.93. The van der Waals surface area contributed by atoms with E-state index in [1.54, 1.807) is 13.0 Å². The highest BCUT2D eigenvalue weighted by molar-refractivity contribution is 5.34. The molecule has 1 aromatic rings. The molecule has 0 aromatic carbocycles. The van der Waals surface area contributed by atoms with Crippen LogP contribution in [0.3, 0.4) is 0 Å². The summed E-state index contributed by atoms with van der Waals surface area (Å²) in [6, 6.07) is 1.60. The van der Waals surface area contributed by atoms with Crippen molar-refractivity contribution in [2.75, 3.05) is 5.73 Å². The molecule has 0 bridgehead atoms.